The molecule has 0 saturated heterocycles. The standard InChI is InChI=1S/C16H26ClNO3/c1-6-12(19)10-21-15-13(17)7-11(8-14(15)20-5)9-18-16(2,3)4/h7-8,12,18-19H,6,9-10H2,1-5H3. The second kappa shape index (κ2) is 7.87. The fraction of sp³-hybridized carbons (Fsp3) is 0.625. The molecule has 5 heteroatoms. The number of nitrogens with one attached hydrogen (secondary N) is 1. The zero-order valence-corrected chi connectivity index (χ0v) is 14.3. The molecule has 0 spiro atoms. The summed E-state index contributed by atoms with van der Waals surface area (Å²) in [5.74, 6) is 1.06. The van der Waals surface area contributed by atoms with Gasteiger partial charge in [-0.1, -0.05) is 18.5 Å². The van der Waals surface area contributed by atoms with Crippen LogP contribution in [0.1, 0.15) is 39.7 Å². The number of rotatable bonds is 7. The summed E-state index contributed by atoms with van der Waals surface area (Å²) in [5, 5.41) is 13.5. The van der Waals surface area contributed by atoms with Gasteiger partial charge in [0.15, 0.2) is 11.5 Å². The van der Waals surface area contributed by atoms with Crippen LogP contribution < -0.4 is 14.8 Å². The molecule has 0 aliphatic rings. The van der Waals surface area contributed by atoms with E-state index >= 15 is 0 Å². The van der Waals surface area contributed by atoms with Gasteiger partial charge in [0.25, 0.3) is 0 Å². The molecule has 0 bridgehead atoms. The zero-order chi connectivity index (χ0) is 16.0. The van der Waals surface area contributed by atoms with Crippen LogP contribution in [-0.2, 0) is 6.54 Å². The van der Waals surface area contributed by atoms with Gasteiger partial charge in [0.2, 0.25) is 0 Å². The largest absolute Gasteiger partial charge is 0.493 e. The van der Waals surface area contributed by atoms with E-state index in [9.17, 15) is 5.11 Å². The van der Waals surface area contributed by atoms with Crippen LogP contribution in [0.5, 0.6) is 11.5 Å². The third-order valence-electron chi connectivity index (χ3n) is 3.00. The Labute approximate surface area is 132 Å². The lowest BCUT2D eigenvalue weighted by Gasteiger charge is -2.21. The molecule has 1 atom stereocenters. The number of aliphatic hydroxyl groups is 1. The van der Waals surface area contributed by atoms with Gasteiger partial charge in [0.1, 0.15) is 6.61 Å². The van der Waals surface area contributed by atoms with E-state index in [-0.39, 0.29) is 12.1 Å². The maximum Gasteiger partial charge on any atom is 0.179 e. The second-order valence-corrected chi connectivity index (χ2v) is 6.49. The first-order valence-electron chi connectivity index (χ1n) is 7.19. The minimum Gasteiger partial charge on any atom is -0.493 e. The Morgan fingerprint density at radius 3 is 2.52 bits per heavy atom. The third-order valence-corrected chi connectivity index (χ3v) is 3.28. The van der Waals surface area contributed by atoms with Gasteiger partial charge in [0, 0.05) is 12.1 Å². The number of aliphatic hydroxyl groups excluding tert-OH is 1. The lowest BCUT2D eigenvalue weighted by Crippen LogP contribution is -2.35. The number of hydrogen-bond acceptors (Lipinski definition) is 4. The monoisotopic (exact) mass is 315 g/mol. The highest BCUT2D eigenvalue weighted by atomic mass is 35.5. The molecule has 1 aromatic carbocycles. The predicted molar refractivity (Wildman–Crippen MR) is 86.4 cm³/mol. The van der Waals surface area contributed by atoms with Crippen molar-refractivity contribution < 1.29 is 14.6 Å². The first-order chi connectivity index (χ1) is 9.76. The molecule has 0 aromatic heterocycles. The molecular weight excluding hydrogens is 290 g/mol. The Kier molecular flexibility index (Phi) is 6.78. The zero-order valence-electron chi connectivity index (χ0n) is 13.5. The average molecular weight is 316 g/mol. The van der Waals surface area contributed by atoms with Crippen LogP contribution >= 0.6 is 11.6 Å². The molecule has 0 fully saturated rings. The fourth-order valence-corrected chi connectivity index (χ4v) is 1.97. The number of benzene rings is 1. The Hall–Kier alpha value is -0.970. The first-order valence-corrected chi connectivity index (χ1v) is 7.57. The van der Waals surface area contributed by atoms with Crippen molar-refractivity contribution in [2.45, 2.75) is 52.3 Å². The fourth-order valence-electron chi connectivity index (χ4n) is 1.68. The maximum absolute atomic E-state index is 9.58. The van der Waals surface area contributed by atoms with Crippen molar-refractivity contribution in [2.24, 2.45) is 0 Å². The van der Waals surface area contributed by atoms with Gasteiger partial charge in [-0.25, -0.2) is 0 Å². The molecule has 0 radical (unpaired) electrons. The van der Waals surface area contributed by atoms with Gasteiger partial charge >= 0.3 is 0 Å². The van der Waals surface area contributed by atoms with Crippen molar-refractivity contribution in [3.8, 4) is 11.5 Å². The number of halogens is 1. The SMILES string of the molecule is CCC(O)COc1c(Cl)cc(CNC(C)(C)C)cc1OC. The van der Waals surface area contributed by atoms with E-state index in [0.29, 0.717) is 29.5 Å². The molecule has 1 rings (SSSR count). The highest BCUT2D eigenvalue weighted by molar-refractivity contribution is 6.32. The second-order valence-electron chi connectivity index (χ2n) is 6.09. The smallest absolute Gasteiger partial charge is 0.179 e. The van der Waals surface area contributed by atoms with E-state index in [1.54, 1.807) is 7.11 Å². The maximum atomic E-state index is 9.58. The molecule has 1 aromatic rings. The van der Waals surface area contributed by atoms with Crippen LogP contribution in [0.4, 0.5) is 0 Å². The van der Waals surface area contributed by atoms with Crippen LogP contribution in [0.3, 0.4) is 0 Å². The molecule has 4 nitrogen and oxygen atoms in total. The summed E-state index contributed by atoms with van der Waals surface area (Å²) < 4.78 is 10.9. The normalized spacial score (nSPS) is 13.1. The van der Waals surface area contributed by atoms with Crippen LogP contribution in [0.2, 0.25) is 5.02 Å². The van der Waals surface area contributed by atoms with E-state index in [4.69, 9.17) is 21.1 Å². The minimum atomic E-state index is -0.506. The minimum absolute atomic E-state index is 0.0279. The number of methoxy groups -OCH3 is 1. The van der Waals surface area contributed by atoms with Gasteiger partial charge in [-0.3, -0.25) is 0 Å². The lowest BCUT2D eigenvalue weighted by atomic mass is 10.1. The van der Waals surface area contributed by atoms with Gasteiger partial charge in [0.05, 0.1) is 18.2 Å². The molecule has 120 valence electrons. The molecule has 1 unspecified atom stereocenters. The number of hydrogen-bond donors (Lipinski definition) is 2. The highest BCUT2D eigenvalue weighted by Crippen LogP contribution is 2.36. The van der Waals surface area contributed by atoms with Crippen molar-refractivity contribution in [3.05, 3.63) is 22.7 Å². The van der Waals surface area contributed by atoms with E-state index in [1.807, 2.05) is 19.1 Å². The summed E-state index contributed by atoms with van der Waals surface area (Å²) >= 11 is 6.28. The van der Waals surface area contributed by atoms with E-state index in [0.717, 1.165) is 5.56 Å². The van der Waals surface area contributed by atoms with Crippen molar-refractivity contribution in [3.63, 3.8) is 0 Å². The van der Waals surface area contributed by atoms with Crippen LogP contribution in [0, 0.1) is 0 Å². The van der Waals surface area contributed by atoms with E-state index < -0.39 is 6.10 Å². The van der Waals surface area contributed by atoms with Gasteiger partial charge in [-0.2, -0.15) is 0 Å². The van der Waals surface area contributed by atoms with Crippen LogP contribution in [0.25, 0.3) is 0 Å². The van der Waals surface area contributed by atoms with Gasteiger partial charge in [-0.15, -0.1) is 0 Å². The lowest BCUT2D eigenvalue weighted by molar-refractivity contribution is 0.102. The van der Waals surface area contributed by atoms with Crippen molar-refractivity contribution >= 4 is 11.6 Å². The molecule has 0 aliphatic heterocycles. The quantitative estimate of drug-likeness (QED) is 0.810. The Morgan fingerprint density at radius 2 is 2.00 bits per heavy atom. The summed E-state index contributed by atoms with van der Waals surface area (Å²) in [4.78, 5) is 0. The molecule has 2 N–H and O–H groups in total. The first kappa shape index (κ1) is 18.1. The molecule has 0 heterocycles. The van der Waals surface area contributed by atoms with Crippen molar-refractivity contribution in [2.75, 3.05) is 13.7 Å². The van der Waals surface area contributed by atoms with Crippen LogP contribution in [0.15, 0.2) is 12.1 Å². The summed E-state index contributed by atoms with van der Waals surface area (Å²) in [7, 11) is 1.58. The Morgan fingerprint density at radius 1 is 1.33 bits per heavy atom. The summed E-state index contributed by atoms with van der Waals surface area (Å²) in [5.41, 5.74) is 1.05. The topological polar surface area (TPSA) is 50.7 Å². The molecule has 0 aliphatic carbocycles. The third kappa shape index (κ3) is 6.12. The van der Waals surface area contributed by atoms with Gasteiger partial charge < -0.3 is 19.9 Å². The van der Waals surface area contributed by atoms with Crippen molar-refractivity contribution in [1.82, 2.24) is 5.32 Å². The number of ether oxygens (including phenoxy) is 2. The Balaban J connectivity index is 2.86. The average Bonchev–Trinajstić information content (AvgIpc) is 2.42. The molecule has 0 amide bonds. The molecular formula is C16H26ClNO3. The van der Waals surface area contributed by atoms with Crippen molar-refractivity contribution in [1.29, 1.82) is 0 Å². The molecule has 0 saturated carbocycles. The summed E-state index contributed by atoms with van der Waals surface area (Å²) in [6.45, 7) is 9.11. The summed E-state index contributed by atoms with van der Waals surface area (Å²) in [6.07, 6.45) is 0.126. The summed E-state index contributed by atoms with van der Waals surface area (Å²) in [6, 6.07) is 3.76. The van der Waals surface area contributed by atoms with E-state index in [2.05, 4.69) is 26.1 Å². The van der Waals surface area contributed by atoms with Crippen LogP contribution in [-0.4, -0.2) is 30.5 Å². The Bertz CT molecular complexity index is 458. The predicted octanol–water partition coefficient (Wildman–Crippen LogP) is 3.39. The van der Waals surface area contributed by atoms with Gasteiger partial charge in [-0.05, 0) is 44.9 Å². The van der Waals surface area contributed by atoms with E-state index in [1.165, 1.54) is 0 Å². The highest BCUT2D eigenvalue weighted by Gasteiger charge is 2.15. The molecule has 21 heavy (non-hydrogen) atoms.